The molecular formula is C8H18OTi. The molecule has 0 saturated carbocycles. The van der Waals surface area contributed by atoms with Crippen molar-refractivity contribution in [2.75, 3.05) is 0 Å². The van der Waals surface area contributed by atoms with E-state index in [9.17, 15) is 5.11 Å². The van der Waals surface area contributed by atoms with Gasteiger partial charge in [-0.25, -0.2) is 0 Å². The van der Waals surface area contributed by atoms with Crippen LogP contribution in [0.1, 0.15) is 41.0 Å². The first-order valence-electron chi connectivity index (χ1n) is 3.53. The Kier molecular flexibility index (Phi) is 5.17. The van der Waals surface area contributed by atoms with Crippen LogP contribution in [0.2, 0.25) is 0 Å². The van der Waals surface area contributed by atoms with Gasteiger partial charge in [0.15, 0.2) is 0 Å². The summed E-state index contributed by atoms with van der Waals surface area (Å²) >= 11 is 0. The molecule has 0 aliphatic carbocycles. The normalized spacial score (nSPS) is 12.6. The Bertz CT molecular complexity index is 91.9. The number of rotatable bonds is 2. The molecule has 0 aromatic heterocycles. The Morgan fingerprint density at radius 2 is 1.40 bits per heavy atom. The Labute approximate surface area is 79.1 Å². The van der Waals surface area contributed by atoms with Gasteiger partial charge in [0.1, 0.15) is 0 Å². The van der Waals surface area contributed by atoms with Crippen LogP contribution in [0.3, 0.4) is 0 Å². The fourth-order valence-corrected chi connectivity index (χ4v) is 0.433. The van der Waals surface area contributed by atoms with Crippen molar-refractivity contribution >= 4 is 0 Å². The molecule has 0 amide bonds. The minimum Gasteiger partial charge on any atom is -0.390 e. The van der Waals surface area contributed by atoms with E-state index < -0.39 is 5.60 Å². The second kappa shape index (κ2) is 3.89. The van der Waals surface area contributed by atoms with Crippen LogP contribution in [0.5, 0.6) is 0 Å². The molecule has 0 spiro atoms. The van der Waals surface area contributed by atoms with Crippen molar-refractivity contribution in [2.45, 2.75) is 46.6 Å². The van der Waals surface area contributed by atoms with E-state index in [0.717, 1.165) is 6.42 Å². The Balaban J connectivity index is 0. The second-order valence-electron chi connectivity index (χ2n) is 3.80. The van der Waals surface area contributed by atoms with Crippen LogP contribution in [0, 0.1) is 5.41 Å². The second-order valence-corrected chi connectivity index (χ2v) is 3.80. The third-order valence-corrected chi connectivity index (χ3v) is 2.54. The Morgan fingerprint density at radius 3 is 1.40 bits per heavy atom. The van der Waals surface area contributed by atoms with Gasteiger partial charge >= 0.3 is 0 Å². The van der Waals surface area contributed by atoms with Gasteiger partial charge in [-0.1, -0.05) is 20.8 Å². The maximum Gasteiger partial charge on any atom is 0.0642 e. The average Bonchev–Trinajstić information content (AvgIpc) is 1.64. The largest absolute Gasteiger partial charge is 0.390 e. The summed E-state index contributed by atoms with van der Waals surface area (Å²) in [5.74, 6) is 0. The third kappa shape index (κ3) is 3.18. The van der Waals surface area contributed by atoms with Crippen molar-refractivity contribution in [2.24, 2.45) is 5.41 Å². The summed E-state index contributed by atoms with van der Waals surface area (Å²) in [7, 11) is 0. The van der Waals surface area contributed by atoms with Crippen molar-refractivity contribution in [3.05, 3.63) is 0 Å². The minimum absolute atomic E-state index is 0. The van der Waals surface area contributed by atoms with Gasteiger partial charge in [0.2, 0.25) is 0 Å². The van der Waals surface area contributed by atoms with Crippen LogP contribution in [-0.4, -0.2) is 10.7 Å². The van der Waals surface area contributed by atoms with E-state index in [0.29, 0.717) is 0 Å². The molecule has 0 aliphatic rings. The van der Waals surface area contributed by atoms with Crippen LogP contribution in [0.15, 0.2) is 0 Å². The fraction of sp³-hybridized carbons (Fsp3) is 1.00. The Hall–Kier alpha value is 0.674. The predicted octanol–water partition coefficient (Wildman–Crippen LogP) is 2.19. The Morgan fingerprint density at radius 1 is 1.10 bits per heavy atom. The molecule has 0 radical (unpaired) electrons. The molecule has 0 rings (SSSR count). The van der Waals surface area contributed by atoms with Crippen LogP contribution >= 0.6 is 0 Å². The molecule has 1 nitrogen and oxygen atoms in total. The maximum absolute atomic E-state index is 9.55. The van der Waals surface area contributed by atoms with E-state index in [1.807, 2.05) is 13.8 Å². The van der Waals surface area contributed by atoms with Gasteiger partial charge in [0.05, 0.1) is 5.60 Å². The molecule has 60 valence electrons. The van der Waals surface area contributed by atoms with Crippen molar-refractivity contribution < 1.29 is 26.8 Å². The van der Waals surface area contributed by atoms with Crippen LogP contribution in [0.25, 0.3) is 0 Å². The van der Waals surface area contributed by atoms with E-state index in [1.165, 1.54) is 0 Å². The molecule has 0 heterocycles. The molecule has 0 aromatic carbocycles. The van der Waals surface area contributed by atoms with E-state index >= 15 is 0 Å². The zero-order valence-electron chi connectivity index (χ0n) is 7.65. The topological polar surface area (TPSA) is 20.2 Å². The zero-order valence-corrected chi connectivity index (χ0v) is 9.22. The standard InChI is InChI=1S/C8H18O.Ti/c1-6-7(2,3)8(4,5)9;/h9H,6H2,1-5H3;. The van der Waals surface area contributed by atoms with Crippen molar-refractivity contribution in [1.82, 2.24) is 0 Å². The van der Waals surface area contributed by atoms with E-state index in [2.05, 4.69) is 20.8 Å². The third-order valence-electron chi connectivity index (χ3n) is 2.54. The molecule has 10 heavy (non-hydrogen) atoms. The minimum atomic E-state index is -0.554. The molecule has 0 bridgehead atoms. The molecule has 0 atom stereocenters. The first-order chi connectivity index (χ1) is 3.81. The summed E-state index contributed by atoms with van der Waals surface area (Å²) in [5.41, 5.74) is -0.519. The van der Waals surface area contributed by atoms with Gasteiger partial charge in [-0.2, -0.15) is 0 Å². The predicted molar refractivity (Wildman–Crippen MR) is 40.4 cm³/mol. The molecule has 0 unspecified atom stereocenters. The summed E-state index contributed by atoms with van der Waals surface area (Å²) in [6.07, 6.45) is 1.01. The maximum atomic E-state index is 9.55. The first kappa shape index (κ1) is 13.3. The first-order valence-corrected chi connectivity index (χ1v) is 3.53. The summed E-state index contributed by atoms with van der Waals surface area (Å²) in [6, 6.07) is 0. The van der Waals surface area contributed by atoms with Gasteiger partial charge in [-0.15, -0.1) is 0 Å². The zero-order chi connectivity index (χ0) is 7.71. The van der Waals surface area contributed by atoms with Gasteiger partial charge in [-0.3, -0.25) is 0 Å². The number of aliphatic hydroxyl groups is 1. The quantitative estimate of drug-likeness (QED) is 0.642. The van der Waals surface area contributed by atoms with E-state index in [1.54, 1.807) is 0 Å². The van der Waals surface area contributed by atoms with Gasteiger partial charge in [0.25, 0.3) is 0 Å². The van der Waals surface area contributed by atoms with Crippen molar-refractivity contribution in [3.8, 4) is 0 Å². The van der Waals surface area contributed by atoms with Crippen molar-refractivity contribution in [3.63, 3.8) is 0 Å². The monoisotopic (exact) mass is 178 g/mol. The fourth-order valence-electron chi connectivity index (χ4n) is 0.433. The van der Waals surface area contributed by atoms with Gasteiger partial charge < -0.3 is 5.11 Å². The molecule has 2 heteroatoms. The number of hydrogen-bond acceptors (Lipinski definition) is 1. The molecule has 0 aliphatic heterocycles. The SMILES string of the molecule is CCC(C)(C)C(C)(C)O.[Ti]. The molecule has 0 aromatic rings. The summed E-state index contributed by atoms with van der Waals surface area (Å²) in [5, 5.41) is 9.55. The molecule has 0 saturated heterocycles. The van der Waals surface area contributed by atoms with Gasteiger partial charge in [-0.05, 0) is 25.7 Å². The smallest absolute Gasteiger partial charge is 0.0642 e. The van der Waals surface area contributed by atoms with Gasteiger partial charge in [0, 0.05) is 21.7 Å². The van der Waals surface area contributed by atoms with Crippen molar-refractivity contribution in [1.29, 1.82) is 0 Å². The summed E-state index contributed by atoms with van der Waals surface area (Å²) < 4.78 is 0. The number of hydrogen-bond donors (Lipinski definition) is 1. The summed E-state index contributed by atoms with van der Waals surface area (Å²) in [6.45, 7) is 9.96. The molecule has 0 fully saturated rings. The van der Waals surface area contributed by atoms with Crippen LogP contribution in [0.4, 0.5) is 0 Å². The van der Waals surface area contributed by atoms with Crippen LogP contribution in [-0.2, 0) is 21.7 Å². The average molecular weight is 178 g/mol. The van der Waals surface area contributed by atoms with E-state index in [4.69, 9.17) is 0 Å². The molecule has 1 N–H and O–H groups in total. The van der Waals surface area contributed by atoms with Crippen LogP contribution < -0.4 is 0 Å². The van der Waals surface area contributed by atoms with E-state index in [-0.39, 0.29) is 27.1 Å². The molecular weight excluding hydrogens is 160 g/mol. The summed E-state index contributed by atoms with van der Waals surface area (Å²) in [4.78, 5) is 0.